The Morgan fingerprint density at radius 3 is 2.54 bits per heavy atom. The van der Waals surface area contributed by atoms with Crippen LogP contribution in [0.15, 0.2) is 17.1 Å². The fraction of sp³-hybridized carbons (Fsp3) is 0.833. The van der Waals surface area contributed by atoms with Gasteiger partial charge in [0.05, 0.1) is 19.8 Å². The third-order valence-corrected chi connectivity index (χ3v) is 3.95. The van der Waals surface area contributed by atoms with Gasteiger partial charge < -0.3 is 15.4 Å². The van der Waals surface area contributed by atoms with E-state index in [1.807, 2.05) is 0 Å². The number of rotatable bonds is 9. The first-order valence-corrected chi connectivity index (χ1v) is 9.12. The monoisotopic (exact) mass is 452 g/mol. The zero-order valence-corrected chi connectivity index (χ0v) is 18.2. The van der Waals surface area contributed by atoms with Crippen LogP contribution >= 0.6 is 24.0 Å². The van der Waals surface area contributed by atoms with Gasteiger partial charge >= 0.3 is 0 Å². The first-order valence-electron chi connectivity index (χ1n) is 9.12. The van der Waals surface area contributed by atoms with Gasteiger partial charge in [-0.15, -0.1) is 24.0 Å². The number of hydrogen-bond donors (Lipinski definition) is 2. The third-order valence-electron chi connectivity index (χ3n) is 3.95. The maximum absolute atomic E-state index is 5.49. The Balaban J connectivity index is 0.00000529. The van der Waals surface area contributed by atoms with Gasteiger partial charge in [0.15, 0.2) is 5.96 Å². The third kappa shape index (κ3) is 10.5. The van der Waals surface area contributed by atoms with Crippen LogP contribution in [0, 0.1) is 5.92 Å². The highest BCUT2D eigenvalue weighted by Gasteiger charge is 2.21. The van der Waals surface area contributed by atoms with E-state index in [9.17, 15) is 0 Å². The smallest absolute Gasteiger partial charge is 0.191 e. The fourth-order valence-electron chi connectivity index (χ4n) is 2.80. The second-order valence-corrected chi connectivity index (χ2v) is 6.44. The van der Waals surface area contributed by atoms with E-state index in [4.69, 9.17) is 9.73 Å². The summed E-state index contributed by atoms with van der Waals surface area (Å²) in [6.07, 6.45) is 6.47. The van der Waals surface area contributed by atoms with Crippen LogP contribution in [0.2, 0.25) is 0 Å². The molecule has 0 bridgehead atoms. The number of allylic oxidation sites excluding steroid dienone is 1. The Labute approximate surface area is 165 Å². The Morgan fingerprint density at radius 1 is 1.25 bits per heavy atom. The van der Waals surface area contributed by atoms with E-state index >= 15 is 0 Å². The van der Waals surface area contributed by atoms with Gasteiger partial charge in [-0.25, -0.2) is 0 Å². The van der Waals surface area contributed by atoms with E-state index in [2.05, 4.69) is 55.4 Å². The molecular formula is C18H37IN4O. The lowest BCUT2D eigenvalue weighted by Crippen LogP contribution is -2.46. The Morgan fingerprint density at radius 2 is 1.96 bits per heavy atom. The fourth-order valence-corrected chi connectivity index (χ4v) is 2.80. The lowest BCUT2D eigenvalue weighted by molar-refractivity contribution is 0.0143. The Bertz CT molecular complexity index is 355. The minimum Gasteiger partial charge on any atom is -0.379 e. The molecule has 24 heavy (non-hydrogen) atoms. The van der Waals surface area contributed by atoms with Crippen LogP contribution in [0.1, 0.15) is 40.5 Å². The predicted octanol–water partition coefficient (Wildman–Crippen LogP) is 2.87. The van der Waals surface area contributed by atoms with Gasteiger partial charge in [0.1, 0.15) is 0 Å². The van der Waals surface area contributed by atoms with Crippen molar-refractivity contribution in [1.82, 2.24) is 15.5 Å². The van der Waals surface area contributed by atoms with Gasteiger partial charge in [-0.1, -0.05) is 26.0 Å². The van der Waals surface area contributed by atoms with Crippen molar-refractivity contribution in [3.8, 4) is 0 Å². The topological polar surface area (TPSA) is 48.9 Å². The van der Waals surface area contributed by atoms with Crippen molar-refractivity contribution in [2.45, 2.75) is 46.6 Å². The molecule has 0 aromatic rings. The highest BCUT2D eigenvalue weighted by molar-refractivity contribution is 14.0. The summed E-state index contributed by atoms with van der Waals surface area (Å²) in [6, 6.07) is 0.505. The normalized spacial score (nSPS) is 17.8. The second-order valence-electron chi connectivity index (χ2n) is 6.44. The largest absolute Gasteiger partial charge is 0.379 e. The van der Waals surface area contributed by atoms with E-state index in [1.165, 1.54) is 6.42 Å². The van der Waals surface area contributed by atoms with Gasteiger partial charge in [-0.2, -0.15) is 0 Å². The number of morpholine rings is 1. The first-order chi connectivity index (χ1) is 11.2. The average molecular weight is 452 g/mol. The molecular weight excluding hydrogens is 415 g/mol. The summed E-state index contributed by atoms with van der Waals surface area (Å²) in [6.45, 7) is 15.1. The average Bonchev–Trinajstić information content (AvgIpc) is 2.55. The molecule has 5 nitrogen and oxygen atoms in total. The number of nitrogens with one attached hydrogen (secondary N) is 2. The van der Waals surface area contributed by atoms with Crippen molar-refractivity contribution >= 4 is 29.9 Å². The highest BCUT2D eigenvalue weighted by Crippen LogP contribution is 2.14. The summed E-state index contributed by atoms with van der Waals surface area (Å²) < 4.78 is 5.49. The summed E-state index contributed by atoms with van der Waals surface area (Å²) >= 11 is 0. The van der Waals surface area contributed by atoms with Crippen molar-refractivity contribution in [3.63, 3.8) is 0 Å². The molecule has 0 aromatic heterocycles. The van der Waals surface area contributed by atoms with Crippen LogP contribution in [-0.4, -0.2) is 62.8 Å². The number of halogens is 1. The molecule has 2 N–H and O–H groups in total. The molecule has 1 fully saturated rings. The summed E-state index contributed by atoms with van der Waals surface area (Å²) in [5.41, 5.74) is 0. The number of ether oxygens (including phenoxy) is 1. The molecule has 0 aromatic carbocycles. The zero-order chi connectivity index (χ0) is 16.9. The van der Waals surface area contributed by atoms with Crippen LogP contribution in [0.4, 0.5) is 0 Å². The standard InChI is InChI=1S/C18H36N4O.HI/c1-5-7-8-9-20-18(19-6-2)21-15-17(14-16(3)4)22-10-12-23-13-11-22;/h5,7,16-17H,6,8-15H2,1-4H3,(H2,19,20,21);1H/b7-5+;. The van der Waals surface area contributed by atoms with Crippen LogP contribution in [-0.2, 0) is 4.74 Å². The summed E-state index contributed by atoms with van der Waals surface area (Å²) in [5, 5.41) is 6.75. The maximum Gasteiger partial charge on any atom is 0.191 e. The number of nitrogens with zero attached hydrogens (tertiary/aromatic N) is 2. The first kappa shape index (κ1) is 23.7. The Hall–Kier alpha value is -0.340. The molecule has 1 unspecified atom stereocenters. The van der Waals surface area contributed by atoms with Crippen LogP contribution in [0.25, 0.3) is 0 Å². The van der Waals surface area contributed by atoms with Crippen molar-refractivity contribution in [3.05, 3.63) is 12.2 Å². The van der Waals surface area contributed by atoms with Crippen molar-refractivity contribution in [1.29, 1.82) is 0 Å². The van der Waals surface area contributed by atoms with Gasteiger partial charge in [0.25, 0.3) is 0 Å². The molecule has 1 aliphatic heterocycles. The molecule has 1 atom stereocenters. The van der Waals surface area contributed by atoms with Gasteiger partial charge in [0, 0.05) is 32.2 Å². The quantitative estimate of drug-likeness (QED) is 0.186. The maximum atomic E-state index is 5.49. The number of hydrogen-bond acceptors (Lipinski definition) is 3. The number of aliphatic imine (C=N–C) groups is 1. The molecule has 1 saturated heterocycles. The molecule has 6 heteroatoms. The second kappa shape index (κ2) is 15.0. The SMILES string of the molecule is C/C=C/CCNC(=NCC(CC(C)C)N1CCOCC1)NCC.I. The van der Waals surface area contributed by atoms with E-state index < -0.39 is 0 Å². The molecule has 0 spiro atoms. The molecule has 0 aliphatic carbocycles. The molecule has 1 heterocycles. The lowest BCUT2D eigenvalue weighted by atomic mass is 10.0. The van der Waals surface area contributed by atoms with E-state index in [-0.39, 0.29) is 24.0 Å². The molecule has 0 amide bonds. The van der Waals surface area contributed by atoms with E-state index in [1.54, 1.807) is 0 Å². The van der Waals surface area contributed by atoms with Gasteiger partial charge in [0.2, 0.25) is 0 Å². The number of guanidine groups is 1. The van der Waals surface area contributed by atoms with E-state index in [0.717, 1.165) is 58.3 Å². The Kier molecular flexibility index (Phi) is 14.7. The zero-order valence-electron chi connectivity index (χ0n) is 15.9. The summed E-state index contributed by atoms with van der Waals surface area (Å²) in [7, 11) is 0. The van der Waals surface area contributed by atoms with Crippen LogP contribution in [0.3, 0.4) is 0 Å². The molecule has 1 aliphatic rings. The lowest BCUT2D eigenvalue weighted by Gasteiger charge is -2.34. The van der Waals surface area contributed by atoms with Gasteiger partial charge in [-0.05, 0) is 32.6 Å². The minimum atomic E-state index is 0. The predicted molar refractivity (Wildman–Crippen MR) is 114 cm³/mol. The minimum absolute atomic E-state index is 0. The molecule has 142 valence electrons. The van der Waals surface area contributed by atoms with Crippen molar-refractivity contribution in [2.24, 2.45) is 10.9 Å². The van der Waals surface area contributed by atoms with Crippen molar-refractivity contribution < 1.29 is 4.74 Å². The summed E-state index contributed by atoms with van der Waals surface area (Å²) in [4.78, 5) is 7.37. The highest BCUT2D eigenvalue weighted by atomic mass is 127. The molecule has 0 saturated carbocycles. The van der Waals surface area contributed by atoms with Crippen molar-refractivity contribution in [2.75, 3.05) is 45.9 Å². The van der Waals surface area contributed by atoms with Crippen LogP contribution in [0.5, 0.6) is 0 Å². The summed E-state index contributed by atoms with van der Waals surface area (Å²) in [5.74, 6) is 1.61. The van der Waals surface area contributed by atoms with Crippen LogP contribution < -0.4 is 10.6 Å². The van der Waals surface area contributed by atoms with E-state index in [0.29, 0.717) is 12.0 Å². The molecule has 0 radical (unpaired) electrons. The van der Waals surface area contributed by atoms with Gasteiger partial charge in [-0.3, -0.25) is 9.89 Å². The molecule has 1 rings (SSSR count).